The van der Waals surface area contributed by atoms with E-state index in [2.05, 4.69) is 37.6 Å². The molecule has 156 valence electrons. The highest BCUT2D eigenvalue weighted by Crippen LogP contribution is 2.23. The quantitative estimate of drug-likeness (QED) is 0.792. The summed E-state index contributed by atoms with van der Waals surface area (Å²) in [4.78, 5) is 33.2. The van der Waals surface area contributed by atoms with Crippen LogP contribution < -0.4 is 15.5 Å². The molecule has 1 aromatic carbocycles. The summed E-state index contributed by atoms with van der Waals surface area (Å²) in [5.41, 5.74) is 1.22. The van der Waals surface area contributed by atoms with Crippen LogP contribution in [0, 0.1) is 5.92 Å². The molecule has 1 atom stereocenters. The highest BCUT2D eigenvalue weighted by atomic mass is 16.2. The van der Waals surface area contributed by atoms with Gasteiger partial charge in [0, 0.05) is 38.4 Å². The fourth-order valence-corrected chi connectivity index (χ4v) is 4.45. The maximum Gasteiger partial charge on any atom is 0.271 e. The number of rotatable bonds is 5. The van der Waals surface area contributed by atoms with Gasteiger partial charge in [-0.2, -0.15) is 4.99 Å². The van der Waals surface area contributed by atoms with Crippen LogP contribution in [0.1, 0.15) is 38.5 Å². The van der Waals surface area contributed by atoms with Crippen molar-refractivity contribution in [3.8, 4) is 0 Å². The first-order valence-corrected chi connectivity index (χ1v) is 10.9. The Bertz CT molecular complexity index is 737. The Balaban J connectivity index is 1.21. The van der Waals surface area contributed by atoms with E-state index in [1.54, 1.807) is 0 Å². The smallest absolute Gasteiger partial charge is 0.271 e. The average molecular weight is 398 g/mol. The molecule has 2 amide bonds. The molecule has 2 aliphatic heterocycles. The molecule has 0 aromatic heterocycles. The molecule has 2 fully saturated rings. The number of nitrogens with zero attached hydrogens (tertiary/aromatic N) is 3. The van der Waals surface area contributed by atoms with Crippen molar-refractivity contribution in [3.05, 3.63) is 30.3 Å². The highest BCUT2D eigenvalue weighted by molar-refractivity contribution is 6.04. The van der Waals surface area contributed by atoms with Gasteiger partial charge >= 0.3 is 0 Å². The molecule has 1 aliphatic carbocycles. The van der Waals surface area contributed by atoms with E-state index in [0.29, 0.717) is 11.9 Å². The van der Waals surface area contributed by atoms with E-state index in [1.165, 1.54) is 37.8 Å². The number of carbonyl (C=O) groups is 2. The number of aliphatic imine (C=N–C) groups is 1. The van der Waals surface area contributed by atoms with Crippen molar-refractivity contribution in [2.45, 2.75) is 44.6 Å². The zero-order valence-corrected chi connectivity index (χ0v) is 17.0. The number of nitrogens with one attached hydrogen (secondary N) is 2. The summed E-state index contributed by atoms with van der Waals surface area (Å²) >= 11 is 0. The molecule has 0 radical (unpaired) electrons. The molecular weight excluding hydrogens is 366 g/mol. The largest absolute Gasteiger partial charge is 0.368 e. The lowest BCUT2D eigenvalue weighted by Gasteiger charge is -2.37. The van der Waals surface area contributed by atoms with E-state index in [-0.39, 0.29) is 18.2 Å². The summed E-state index contributed by atoms with van der Waals surface area (Å²) in [5.74, 6) is 0.908. The van der Waals surface area contributed by atoms with E-state index in [1.807, 2.05) is 18.2 Å². The summed E-state index contributed by atoms with van der Waals surface area (Å²) < 4.78 is 0. The standard InChI is InChI=1S/C22H31N5O2/c28-20(23-16-17-7-3-1-4-8-17)15-19-21(29)25-22(24-19)27-13-11-26(12-14-27)18-9-5-2-6-10-18/h2,5-6,9-10,17,19H,1,3-4,7-8,11-16H2,(H,23,28)(H,24,25,29). The van der Waals surface area contributed by atoms with E-state index >= 15 is 0 Å². The van der Waals surface area contributed by atoms with Crippen LogP contribution in [0.4, 0.5) is 5.69 Å². The third kappa shape index (κ3) is 5.08. The first-order valence-electron chi connectivity index (χ1n) is 10.9. The number of carbonyl (C=O) groups excluding carboxylic acids is 2. The Kier molecular flexibility index (Phi) is 6.32. The molecule has 1 unspecified atom stereocenters. The number of hydrogen-bond acceptors (Lipinski definition) is 5. The fraction of sp³-hybridized carbons (Fsp3) is 0.591. The molecule has 0 spiro atoms. The highest BCUT2D eigenvalue weighted by Gasteiger charge is 2.32. The van der Waals surface area contributed by atoms with Crippen LogP contribution in [-0.4, -0.2) is 61.4 Å². The number of amides is 2. The molecule has 29 heavy (non-hydrogen) atoms. The van der Waals surface area contributed by atoms with Crippen molar-refractivity contribution >= 4 is 23.5 Å². The minimum atomic E-state index is -0.538. The number of piperazine rings is 1. The van der Waals surface area contributed by atoms with E-state index in [0.717, 1.165) is 32.7 Å². The predicted octanol–water partition coefficient (Wildman–Crippen LogP) is 1.75. The molecule has 1 saturated heterocycles. The molecule has 1 aromatic rings. The summed E-state index contributed by atoms with van der Waals surface area (Å²) in [5, 5.41) is 6.20. The maximum absolute atomic E-state index is 12.3. The minimum Gasteiger partial charge on any atom is -0.368 e. The van der Waals surface area contributed by atoms with Crippen LogP contribution in [0.3, 0.4) is 0 Å². The normalized spacial score (nSPS) is 23.0. The summed E-state index contributed by atoms with van der Waals surface area (Å²) in [7, 11) is 0. The Labute approximate surface area is 172 Å². The second-order valence-corrected chi connectivity index (χ2v) is 8.29. The van der Waals surface area contributed by atoms with Crippen LogP contribution in [0.5, 0.6) is 0 Å². The van der Waals surface area contributed by atoms with Crippen LogP contribution in [0.2, 0.25) is 0 Å². The SMILES string of the molecule is O=C(CC1NC(N2CCN(c3ccccc3)CC2)=NC1=O)NCC1CCCCC1. The van der Waals surface area contributed by atoms with Gasteiger partial charge in [0.2, 0.25) is 11.9 Å². The lowest BCUT2D eigenvalue weighted by atomic mass is 9.89. The van der Waals surface area contributed by atoms with Gasteiger partial charge in [-0.3, -0.25) is 9.59 Å². The third-order valence-corrected chi connectivity index (χ3v) is 6.22. The lowest BCUT2D eigenvalue weighted by Crippen LogP contribution is -2.53. The first-order chi connectivity index (χ1) is 14.2. The van der Waals surface area contributed by atoms with E-state index in [9.17, 15) is 9.59 Å². The number of guanidine groups is 1. The average Bonchev–Trinajstić information content (AvgIpc) is 3.14. The molecule has 1 saturated carbocycles. The molecule has 2 heterocycles. The van der Waals surface area contributed by atoms with Crippen LogP contribution in [0.25, 0.3) is 0 Å². The number of benzene rings is 1. The summed E-state index contributed by atoms with van der Waals surface area (Å²) in [6, 6.07) is 9.82. The van der Waals surface area contributed by atoms with Crippen molar-refractivity contribution < 1.29 is 9.59 Å². The van der Waals surface area contributed by atoms with Crippen molar-refractivity contribution in [2.75, 3.05) is 37.6 Å². The molecule has 7 heteroatoms. The van der Waals surface area contributed by atoms with Crippen molar-refractivity contribution in [2.24, 2.45) is 10.9 Å². The molecule has 7 nitrogen and oxygen atoms in total. The topological polar surface area (TPSA) is 77.0 Å². The van der Waals surface area contributed by atoms with Gasteiger partial charge in [0.15, 0.2) is 0 Å². The number of hydrogen-bond donors (Lipinski definition) is 2. The zero-order chi connectivity index (χ0) is 20.1. The van der Waals surface area contributed by atoms with E-state index in [4.69, 9.17) is 0 Å². The second-order valence-electron chi connectivity index (χ2n) is 8.29. The van der Waals surface area contributed by atoms with Crippen LogP contribution >= 0.6 is 0 Å². The molecular formula is C22H31N5O2. The van der Waals surface area contributed by atoms with Gasteiger partial charge in [-0.05, 0) is 30.9 Å². The second kappa shape index (κ2) is 9.29. The molecule has 0 bridgehead atoms. The van der Waals surface area contributed by atoms with Gasteiger partial charge in [0.1, 0.15) is 6.04 Å². The summed E-state index contributed by atoms with van der Waals surface area (Å²) in [6.45, 7) is 4.09. The van der Waals surface area contributed by atoms with Gasteiger partial charge in [0.05, 0.1) is 6.42 Å². The first kappa shape index (κ1) is 19.7. The van der Waals surface area contributed by atoms with E-state index < -0.39 is 6.04 Å². The van der Waals surface area contributed by atoms with Gasteiger partial charge in [-0.1, -0.05) is 37.5 Å². The fourth-order valence-electron chi connectivity index (χ4n) is 4.45. The zero-order valence-electron chi connectivity index (χ0n) is 17.0. The van der Waals surface area contributed by atoms with Crippen LogP contribution in [0.15, 0.2) is 35.3 Å². The number of anilines is 1. The minimum absolute atomic E-state index is 0.0632. The van der Waals surface area contributed by atoms with Crippen molar-refractivity contribution in [1.29, 1.82) is 0 Å². The van der Waals surface area contributed by atoms with Gasteiger partial charge in [-0.25, -0.2) is 0 Å². The Hall–Kier alpha value is -2.57. The molecule has 3 aliphatic rings. The van der Waals surface area contributed by atoms with Crippen molar-refractivity contribution in [1.82, 2.24) is 15.5 Å². The van der Waals surface area contributed by atoms with Gasteiger partial charge in [0.25, 0.3) is 5.91 Å². The molecule has 2 N–H and O–H groups in total. The monoisotopic (exact) mass is 397 g/mol. The predicted molar refractivity (Wildman–Crippen MR) is 114 cm³/mol. The maximum atomic E-state index is 12.3. The Morgan fingerprint density at radius 2 is 1.72 bits per heavy atom. The van der Waals surface area contributed by atoms with Crippen molar-refractivity contribution in [3.63, 3.8) is 0 Å². The van der Waals surface area contributed by atoms with Crippen LogP contribution in [-0.2, 0) is 9.59 Å². The van der Waals surface area contributed by atoms with Gasteiger partial charge in [-0.15, -0.1) is 0 Å². The Morgan fingerprint density at radius 3 is 2.45 bits per heavy atom. The summed E-state index contributed by atoms with van der Waals surface area (Å²) in [6.07, 6.45) is 6.38. The number of para-hydroxylation sites is 1. The lowest BCUT2D eigenvalue weighted by molar-refractivity contribution is -0.125. The Morgan fingerprint density at radius 1 is 1.03 bits per heavy atom. The van der Waals surface area contributed by atoms with Gasteiger partial charge < -0.3 is 20.4 Å². The third-order valence-electron chi connectivity index (χ3n) is 6.22. The molecule has 4 rings (SSSR count).